The maximum absolute atomic E-state index is 12.3. The summed E-state index contributed by atoms with van der Waals surface area (Å²) in [7, 11) is 0. The van der Waals surface area contributed by atoms with Crippen molar-refractivity contribution in [3.63, 3.8) is 0 Å². The van der Waals surface area contributed by atoms with Crippen LogP contribution in [0.1, 0.15) is 17.5 Å². The lowest BCUT2D eigenvalue weighted by Crippen LogP contribution is -2.55. The third-order valence-electron chi connectivity index (χ3n) is 6.36. The molecule has 31 heavy (non-hydrogen) atoms. The molecule has 3 aromatic rings. The zero-order chi connectivity index (χ0) is 21.5. The summed E-state index contributed by atoms with van der Waals surface area (Å²) in [4.78, 5) is 16.7. The number of hydrogen-bond acceptors (Lipinski definition) is 5. The van der Waals surface area contributed by atoms with E-state index in [0.717, 1.165) is 58.5 Å². The minimum atomic E-state index is 0.156. The largest absolute Gasteiger partial charge is 0.490 e. The number of ether oxygens (including phenoxy) is 1. The molecule has 0 saturated carbocycles. The third kappa shape index (κ3) is 3.69. The molecule has 0 spiro atoms. The lowest BCUT2D eigenvalue weighted by Gasteiger charge is -2.39. The summed E-state index contributed by atoms with van der Waals surface area (Å²) in [6.45, 7) is 5.61. The van der Waals surface area contributed by atoms with Crippen LogP contribution in [0.4, 0.5) is 0 Å². The highest BCUT2D eigenvalue weighted by Crippen LogP contribution is 2.43. The van der Waals surface area contributed by atoms with E-state index in [1.54, 1.807) is 0 Å². The standard InChI is InChI=1S/C23H25ClN4O2S/c1-14-2-5-19-18(10-25-26-19)21(14)17-4-3-15-11-27-7-8-28(20(29)6-9-31)12-16(27)13-30-23(15)22(17)24/h2-5,10,16,31H,6-9,11-13H2,1H3,(H,25,26)/t16-/m0/s1. The normalized spacial score (nSPS) is 18.9. The summed E-state index contributed by atoms with van der Waals surface area (Å²) in [6, 6.07) is 8.48. The van der Waals surface area contributed by atoms with E-state index in [2.05, 4.69) is 52.8 Å². The van der Waals surface area contributed by atoms with Crippen LogP contribution in [0.5, 0.6) is 5.75 Å². The topological polar surface area (TPSA) is 61.5 Å². The number of aryl methyl sites for hydroxylation is 1. The average Bonchev–Trinajstić information content (AvgIpc) is 3.15. The molecule has 2 aliphatic heterocycles. The quantitative estimate of drug-likeness (QED) is 0.586. The van der Waals surface area contributed by atoms with E-state index in [-0.39, 0.29) is 11.9 Å². The van der Waals surface area contributed by atoms with Crippen LogP contribution in [0, 0.1) is 6.92 Å². The Morgan fingerprint density at radius 3 is 3.03 bits per heavy atom. The number of hydrogen-bond donors (Lipinski definition) is 2. The molecule has 0 radical (unpaired) electrons. The zero-order valence-electron chi connectivity index (χ0n) is 17.4. The molecule has 0 unspecified atom stereocenters. The molecular weight excluding hydrogens is 432 g/mol. The van der Waals surface area contributed by atoms with Crippen molar-refractivity contribution in [1.29, 1.82) is 0 Å². The fourth-order valence-electron chi connectivity index (χ4n) is 4.69. The van der Waals surface area contributed by atoms with Gasteiger partial charge in [-0.2, -0.15) is 17.7 Å². The van der Waals surface area contributed by atoms with Crippen LogP contribution in [0.15, 0.2) is 30.5 Å². The Morgan fingerprint density at radius 1 is 1.32 bits per heavy atom. The fraction of sp³-hybridized carbons (Fsp3) is 0.391. The molecule has 6 nitrogen and oxygen atoms in total. The summed E-state index contributed by atoms with van der Waals surface area (Å²) in [5.74, 6) is 1.49. The number of thiol groups is 1. The fourth-order valence-corrected chi connectivity index (χ4v) is 5.22. The van der Waals surface area contributed by atoms with Crippen molar-refractivity contribution >= 4 is 41.0 Å². The summed E-state index contributed by atoms with van der Waals surface area (Å²) in [6.07, 6.45) is 2.32. The smallest absolute Gasteiger partial charge is 0.223 e. The van der Waals surface area contributed by atoms with E-state index in [1.165, 1.54) is 0 Å². The van der Waals surface area contributed by atoms with Gasteiger partial charge in [0.25, 0.3) is 0 Å². The molecule has 8 heteroatoms. The van der Waals surface area contributed by atoms with Gasteiger partial charge in [0.05, 0.1) is 22.8 Å². The minimum Gasteiger partial charge on any atom is -0.490 e. The van der Waals surface area contributed by atoms with Crippen LogP contribution in [0.3, 0.4) is 0 Å². The number of rotatable bonds is 3. The molecule has 1 N–H and O–H groups in total. The molecule has 0 bridgehead atoms. The SMILES string of the molecule is Cc1ccc2[nH]ncc2c1-c1ccc2c(c1Cl)OC[C@@H]1CN(C(=O)CCS)CCN1C2. The molecule has 2 aromatic carbocycles. The summed E-state index contributed by atoms with van der Waals surface area (Å²) in [5.41, 5.74) is 5.24. The average molecular weight is 457 g/mol. The van der Waals surface area contributed by atoms with Gasteiger partial charge in [0, 0.05) is 49.1 Å². The Kier molecular flexibility index (Phi) is 5.58. The van der Waals surface area contributed by atoms with Crippen LogP contribution < -0.4 is 4.74 Å². The van der Waals surface area contributed by atoms with Gasteiger partial charge in [0.15, 0.2) is 0 Å². The van der Waals surface area contributed by atoms with Crippen LogP contribution in [0.25, 0.3) is 22.0 Å². The van der Waals surface area contributed by atoms with E-state index < -0.39 is 0 Å². The summed E-state index contributed by atoms with van der Waals surface area (Å²) < 4.78 is 6.28. The van der Waals surface area contributed by atoms with Gasteiger partial charge in [0.1, 0.15) is 12.4 Å². The van der Waals surface area contributed by atoms with Gasteiger partial charge in [0.2, 0.25) is 5.91 Å². The number of amides is 1. The number of carbonyl (C=O) groups excluding carboxylic acids is 1. The zero-order valence-corrected chi connectivity index (χ0v) is 19.0. The summed E-state index contributed by atoms with van der Waals surface area (Å²) >= 11 is 11.1. The van der Waals surface area contributed by atoms with Gasteiger partial charge in [-0.1, -0.05) is 29.8 Å². The highest BCUT2D eigenvalue weighted by molar-refractivity contribution is 7.80. The Balaban J connectivity index is 1.47. The van der Waals surface area contributed by atoms with Crippen LogP contribution >= 0.6 is 24.2 Å². The Bertz CT molecular complexity index is 1150. The maximum atomic E-state index is 12.3. The van der Waals surface area contributed by atoms with Gasteiger partial charge >= 0.3 is 0 Å². The second-order valence-electron chi connectivity index (χ2n) is 8.25. The molecule has 5 rings (SSSR count). The van der Waals surface area contributed by atoms with E-state index in [0.29, 0.717) is 30.3 Å². The first-order chi connectivity index (χ1) is 15.1. The van der Waals surface area contributed by atoms with Gasteiger partial charge in [-0.15, -0.1) is 0 Å². The summed E-state index contributed by atoms with van der Waals surface area (Å²) in [5, 5.41) is 8.92. The molecule has 0 aliphatic carbocycles. The number of H-pyrrole nitrogens is 1. The number of benzene rings is 2. The van der Waals surface area contributed by atoms with E-state index in [1.807, 2.05) is 17.2 Å². The predicted molar refractivity (Wildman–Crippen MR) is 126 cm³/mol. The lowest BCUT2D eigenvalue weighted by atomic mass is 9.95. The number of aromatic amines is 1. The maximum Gasteiger partial charge on any atom is 0.223 e. The molecule has 1 fully saturated rings. The molecule has 1 aromatic heterocycles. The molecule has 162 valence electrons. The number of halogens is 1. The molecule has 2 aliphatic rings. The van der Waals surface area contributed by atoms with E-state index >= 15 is 0 Å². The number of fused-ring (bicyclic) bond motifs is 3. The van der Waals surface area contributed by atoms with E-state index in [9.17, 15) is 4.79 Å². The second kappa shape index (κ2) is 8.37. The molecule has 3 heterocycles. The monoisotopic (exact) mass is 456 g/mol. The number of aromatic nitrogens is 2. The van der Waals surface area contributed by atoms with Crippen LogP contribution in [-0.2, 0) is 11.3 Å². The first-order valence-electron chi connectivity index (χ1n) is 10.6. The Labute approximate surface area is 191 Å². The first kappa shape index (κ1) is 20.7. The van der Waals surface area contributed by atoms with Gasteiger partial charge in [-0.25, -0.2) is 0 Å². The second-order valence-corrected chi connectivity index (χ2v) is 9.08. The van der Waals surface area contributed by atoms with Crippen molar-refractivity contribution in [2.24, 2.45) is 0 Å². The van der Waals surface area contributed by atoms with Crippen LogP contribution in [0.2, 0.25) is 5.02 Å². The van der Waals surface area contributed by atoms with E-state index in [4.69, 9.17) is 16.3 Å². The molecular formula is C23H25ClN4O2S. The molecule has 1 saturated heterocycles. The van der Waals surface area contributed by atoms with Gasteiger partial charge < -0.3 is 9.64 Å². The molecule has 1 amide bonds. The number of nitrogens with one attached hydrogen (secondary N) is 1. The number of carbonyl (C=O) groups is 1. The highest BCUT2D eigenvalue weighted by Gasteiger charge is 2.33. The number of piperazine rings is 1. The predicted octanol–water partition coefficient (Wildman–Crippen LogP) is 3.92. The van der Waals surface area contributed by atoms with Gasteiger partial charge in [-0.05, 0) is 29.9 Å². The lowest BCUT2D eigenvalue weighted by molar-refractivity contribution is -0.134. The Morgan fingerprint density at radius 2 is 2.19 bits per heavy atom. The van der Waals surface area contributed by atoms with Crippen molar-refractivity contribution in [2.75, 3.05) is 32.0 Å². The van der Waals surface area contributed by atoms with Crippen molar-refractivity contribution < 1.29 is 9.53 Å². The van der Waals surface area contributed by atoms with Crippen LogP contribution in [-0.4, -0.2) is 63.9 Å². The Hall–Kier alpha value is -2.22. The van der Waals surface area contributed by atoms with Crippen molar-refractivity contribution in [2.45, 2.75) is 25.9 Å². The number of nitrogens with zero attached hydrogens (tertiary/aromatic N) is 3. The first-order valence-corrected chi connectivity index (χ1v) is 11.6. The highest BCUT2D eigenvalue weighted by atomic mass is 35.5. The van der Waals surface area contributed by atoms with Gasteiger partial charge in [-0.3, -0.25) is 14.8 Å². The molecule has 1 atom stereocenters. The minimum absolute atomic E-state index is 0.156. The van der Waals surface area contributed by atoms with Crippen molar-refractivity contribution in [1.82, 2.24) is 20.0 Å². The van der Waals surface area contributed by atoms with Crippen molar-refractivity contribution in [3.05, 3.63) is 46.6 Å². The third-order valence-corrected chi connectivity index (χ3v) is 6.96. The van der Waals surface area contributed by atoms with Crippen molar-refractivity contribution in [3.8, 4) is 16.9 Å².